The summed E-state index contributed by atoms with van der Waals surface area (Å²) in [5, 5.41) is 0. The minimum Gasteiger partial charge on any atom is -0.465 e. The van der Waals surface area contributed by atoms with Gasteiger partial charge in [-0.15, -0.1) is 0 Å². The number of carbonyl (C=O) groups is 2. The molecule has 2 fully saturated rings. The number of hydrogen-bond donors (Lipinski definition) is 0. The first-order chi connectivity index (χ1) is 8.74. The van der Waals surface area contributed by atoms with Crippen LogP contribution in [0.1, 0.15) is 5.56 Å². The summed E-state index contributed by atoms with van der Waals surface area (Å²) in [7, 11) is 0. The van der Waals surface area contributed by atoms with Gasteiger partial charge in [-0.3, -0.25) is 14.5 Å². The molecule has 18 heavy (non-hydrogen) atoms. The second kappa shape index (κ2) is 4.53. The van der Waals surface area contributed by atoms with E-state index < -0.39 is 5.92 Å². The van der Waals surface area contributed by atoms with Crippen LogP contribution in [-0.2, 0) is 20.9 Å². The topological polar surface area (TPSA) is 46.6 Å². The van der Waals surface area contributed by atoms with E-state index in [2.05, 4.69) is 4.90 Å². The normalized spacial score (nSPS) is 28.0. The molecule has 0 unspecified atom stereocenters. The standard InChI is InChI=1S/C14H15NO3/c16-12-8-15(6-10-4-2-1-3-5-10)7-11-9-18-14(17)13(11)12/h1-5,11,13H,6-9H2/t11-,13+/m0/s1. The molecule has 2 aliphatic rings. The van der Waals surface area contributed by atoms with Crippen LogP contribution in [0.5, 0.6) is 0 Å². The minimum atomic E-state index is -0.503. The molecule has 0 aliphatic carbocycles. The van der Waals surface area contributed by atoms with Gasteiger partial charge in [-0.05, 0) is 5.56 Å². The first-order valence-corrected chi connectivity index (χ1v) is 6.19. The van der Waals surface area contributed by atoms with E-state index in [1.807, 2.05) is 30.3 Å². The molecule has 1 aromatic rings. The molecule has 0 spiro atoms. The highest BCUT2D eigenvalue weighted by atomic mass is 16.5. The number of ether oxygens (including phenoxy) is 1. The van der Waals surface area contributed by atoms with Gasteiger partial charge in [0.1, 0.15) is 5.92 Å². The van der Waals surface area contributed by atoms with Crippen LogP contribution in [0.3, 0.4) is 0 Å². The van der Waals surface area contributed by atoms with E-state index in [-0.39, 0.29) is 17.7 Å². The fraction of sp³-hybridized carbons (Fsp3) is 0.429. The van der Waals surface area contributed by atoms with Gasteiger partial charge in [0.25, 0.3) is 0 Å². The quantitative estimate of drug-likeness (QED) is 0.572. The predicted molar refractivity (Wildman–Crippen MR) is 64.7 cm³/mol. The Bertz CT molecular complexity index is 471. The van der Waals surface area contributed by atoms with Crippen LogP contribution in [0.4, 0.5) is 0 Å². The number of nitrogens with zero attached hydrogens (tertiary/aromatic N) is 1. The first kappa shape index (κ1) is 11.4. The zero-order valence-electron chi connectivity index (χ0n) is 10.0. The van der Waals surface area contributed by atoms with Gasteiger partial charge in [0.05, 0.1) is 13.2 Å². The summed E-state index contributed by atoms with van der Waals surface area (Å²) in [5.41, 5.74) is 1.19. The Morgan fingerprint density at radius 1 is 1.22 bits per heavy atom. The molecule has 2 heterocycles. The van der Waals surface area contributed by atoms with Crippen molar-refractivity contribution in [3.63, 3.8) is 0 Å². The van der Waals surface area contributed by atoms with Crippen LogP contribution in [0, 0.1) is 11.8 Å². The van der Waals surface area contributed by atoms with Gasteiger partial charge in [0.15, 0.2) is 5.78 Å². The summed E-state index contributed by atoms with van der Waals surface area (Å²) in [6.07, 6.45) is 0. The van der Waals surface area contributed by atoms with E-state index in [9.17, 15) is 9.59 Å². The highest BCUT2D eigenvalue weighted by molar-refractivity contribution is 6.02. The second-order valence-corrected chi connectivity index (χ2v) is 4.99. The fourth-order valence-corrected chi connectivity index (χ4v) is 2.80. The third-order valence-electron chi connectivity index (χ3n) is 3.63. The van der Waals surface area contributed by atoms with Gasteiger partial charge < -0.3 is 4.74 Å². The van der Waals surface area contributed by atoms with Crippen molar-refractivity contribution in [1.29, 1.82) is 0 Å². The summed E-state index contributed by atoms with van der Waals surface area (Å²) in [6, 6.07) is 10.1. The van der Waals surface area contributed by atoms with E-state index in [0.717, 1.165) is 13.1 Å². The van der Waals surface area contributed by atoms with Gasteiger partial charge in [-0.1, -0.05) is 30.3 Å². The van der Waals surface area contributed by atoms with Crippen LogP contribution in [-0.4, -0.2) is 36.3 Å². The summed E-state index contributed by atoms with van der Waals surface area (Å²) < 4.78 is 4.98. The molecule has 94 valence electrons. The fourth-order valence-electron chi connectivity index (χ4n) is 2.80. The van der Waals surface area contributed by atoms with Crippen LogP contribution in [0.25, 0.3) is 0 Å². The Morgan fingerprint density at radius 3 is 2.78 bits per heavy atom. The van der Waals surface area contributed by atoms with Crippen molar-refractivity contribution >= 4 is 11.8 Å². The number of carbonyl (C=O) groups excluding carboxylic acids is 2. The highest BCUT2D eigenvalue weighted by Crippen LogP contribution is 2.28. The first-order valence-electron chi connectivity index (χ1n) is 6.19. The number of Topliss-reactive ketones (excluding diaryl/α,β-unsaturated/α-hetero) is 1. The molecule has 0 aromatic heterocycles. The van der Waals surface area contributed by atoms with Crippen molar-refractivity contribution in [3.05, 3.63) is 35.9 Å². The molecule has 2 atom stereocenters. The third kappa shape index (κ3) is 2.04. The Labute approximate surface area is 106 Å². The van der Waals surface area contributed by atoms with Crippen LogP contribution in [0.2, 0.25) is 0 Å². The van der Waals surface area contributed by atoms with E-state index in [1.165, 1.54) is 5.56 Å². The van der Waals surface area contributed by atoms with Crippen LogP contribution >= 0.6 is 0 Å². The second-order valence-electron chi connectivity index (χ2n) is 4.99. The number of benzene rings is 1. The molecule has 1 aromatic carbocycles. The lowest BCUT2D eigenvalue weighted by Gasteiger charge is -2.31. The Kier molecular flexibility index (Phi) is 2.88. The van der Waals surface area contributed by atoms with E-state index >= 15 is 0 Å². The van der Waals surface area contributed by atoms with E-state index in [4.69, 9.17) is 4.74 Å². The number of rotatable bonds is 2. The van der Waals surface area contributed by atoms with Crippen molar-refractivity contribution in [2.45, 2.75) is 6.54 Å². The number of esters is 1. The number of hydrogen-bond acceptors (Lipinski definition) is 4. The summed E-state index contributed by atoms with van der Waals surface area (Å²) in [5.74, 6) is -0.784. The van der Waals surface area contributed by atoms with Gasteiger partial charge in [-0.25, -0.2) is 0 Å². The molecule has 4 heteroatoms. The zero-order chi connectivity index (χ0) is 12.5. The number of ketones is 1. The van der Waals surface area contributed by atoms with Crippen molar-refractivity contribution in [2.24, 2.45) is 11.8 Å². The lowest BCUT2D eigenvalue weighted by atomic mass is 9.87. The number of fused-ring (bicyclic) bond motifs is 1. The van der Waals surface area contributed by atoms with Crippen molar-refractivity contribution in [3.8, 4) is 0 Å². The number of cyclic esters (lactones) is 1. The zero-order valence-corrected chi connectivity index (χ0v) is 10.0. The largest absolute Gasteiger partial charge is 0.465 e. The van der Waals surface area contributed by atoms with Gasteiger partial charge >= 0.3 is 5.97 Å². The molecule has 0 saturated carbocycles. The summed E-state index contributed by atoms with van der Waals surface area (Å²) in [4.78, 5) is 25.5. The maximum Gasteiger partial charge on any atom is 0.317 e. The van der Waals surface area contributed by atoms with Gasteiger partial charge in [0.2, 0.25) is 0 Å². The monoisotopic (exact) mass is 245 g/mol. The molecular formula is C14H15NO3. The minimum absolute atomic E-state index is 0.00433. The SMILES string of the molecule is O=C1CN(Cc2ccccc2)C[C@H]2COC(=O)[C@@H]12. The maximum absolute atomic E-state index is 11.9. The summed E-state index contributed by atoms with van der Waals surface area (Å²) in [6.45, 7) is 2.26. The average Bonchev–Trinajstić information content (AvgIpc) is 2.72. The van der Waals surface area contributed by atoms with Crippen molar-refractivity contribution < 1.29 is 14.3 Å². The Hall–Kier alpha value is -1.68. The maximum atomic E-state index is 11.9. The molecular weight excluding hydrogens is 230 g/mol. The lowest BCUT2D eigenvalue weighted by Crippen LogP contribution is -2.46. The molecule has 0 bridgehead atoms. The summed E-state index contributed by atoms with van der Waals surface area (Å²) >= 11 is 0. The third-order valence-corrected chi connectivity index (χ3v) is 3.63. The van der Waals surface area contributed by atoms with Gasteiger partial charge in [-0.2, -0.15) is 0 Å². The molecule has 3 rings (SSSR count). The molecule has 2 saturated heterocycles. The lowest BCUT2D eigenvalue weighted by molar-refractivity contribution is -0.145. The van der Waals surface area contributed by atoms with Gasteiger partial charge in [0, 0.05) is 19.0 Å². The Balaban J connectivity index is 1.70. The smallest absolute Gasteiger partial charge is 0.317 e. The van der Waals surface area contributed by atoms with E-state index in [1.54, 1.807) is 0 Å². The van der Waals surface area contributed by atoms with E-state index in [0.29, 0.717) is 13.2 Å². The van der Waals surface area contributed by atoms with Crippen LogP contribution < -0.4 is 0 Å². The van der Waals surface area contributed by atoms with Crippen LogP contribution in [0.15, 0.2) is 30.3 Å². The molecule has 0 amide bonds. The molecule has 4 nitrogen and oxygen atoms in total. The highest BCUT2D eigenvalue weighted by Gasteiger charge is 2.46. The van der Waals surface area contributed by atoms with Crippen molar-refractivity contribution in [2.75, 3.05) is 19.7 Å². The number of piperidine rings is 1. The number of likely N-dealkylation sites (tertiary alicyclic amines) is 1. The predicted octanol–water partition coefficient (Wildman–Crippen LogP) is 0.861. The van der Waals surface area contributed by atoms with Crippen molar-refractivity contribution in [1.82, 2.24) is 4.90 Å². The average molecular weight is 245 g/mol. The molecule has 2 aliphatic heterocycles. The Morgan fingerprint density at radius 2 is 2.00 bits per heavy atom. The molecule has 0 N–H and O–H groups in total. The molecule has 0 radical (unpaired) electrons.